The summed E-state index contributed by atoms with van der Waals surface area (Å²) < 4.78 is 0. The fourth-order valence-corrected chi connectivity index (χ4v) is 2.76. The lowest BCUT2D eigenvalue weighted by Gasteiger charge is -2.54. The number of carbonyl (C=O) groups excluding carboxylic acids is 1. The first-order valence-electron chi connectivity index (χ1n) is 5.41. The first kappa shape index (κ1) is 10.9. The summed E-state index contributed by atoms with van der Waals surface area (Å²) in [6.45, 7) is 1.75. The lowest BCUT2D eigenvalue weighted by Crippen LogP contribution is -2.61. The van der Waals surface area contributed by atoms with Gasteiger partial charge in [-0.3, -0.25) is 9.69 Å². The monoisotopic (exact) mass is 214 g/mol. The van der Waals surface area contributed by atoms with E-state index in [4.69, 9.17) is 5.73 Å². The number of aliphatic hydroxyl groups is 2. The van der Waals surface area contributed by atoms with E-state index in [-0.39, 0.29) is 30.1 Å². The number of carbonyl (C=O) groups is 1. The molecule has 4 N–H and O–H groups in total. The standard InChI is InChI=1S/C10H18N2O3/c11-9(15)6-12-3-1-10(2-4-12)7(13)5-8(10)14/h7-8,13-14H,1-6H2,(H2,11,15). The van der Waals surface area contributed by atoms with Crippen LogP contribution in [0, 0.1) is 5.41 Å². The Morgan fingerprint density at radius 3 is 2.27 bits per heavy atom. The second-order valence-electron chi connectivity index (χ2n) is 4.74. The van der Waals surface area contributed by atoms with Crippen LogP contribution in [0.4, 0.5) is 0 Å². The van der Waals surface area contributed by atoms with Crippen LogP contribution in [-0.4, -0.2) is 52.9 Å². The van der Waals surface area contributed by atoms with E-state index in [1.807, 2.05) is 4.90 Å². The third kappa shape index (κ3) is 1.75. The highest BCUT2D eigenvalue weighted by Gasteiger charge is 2.54. The number of aliphatic hydroxyl groups excluding tert-OH is 2. The van der Waals surface area contributed by atoms with Gasteiger partial charge >= 0.3 is 0 Å². The summed E-state index contributed by atoms with van der Waals surface area (Å²) in [5, 5.41) is 19.4. The molecule has 86 valence electrons. The van der Waals surface area contributed by atoms with Crippen molar-refractivity contribution in [2.75, 3.05) is 19.6 Å². The van der Waals surface area contributed by atoms with E-state index in [0.717, 1.165) is 25.9 Å². The van der Waals surface area contributed by atoms with Gasteiger partial charge in [0.2, 0.25) is 5.91 Å². The zero-order valence-corrected chi connectivity index (χ0v) is 8.72. The van der Waals surface area contributed by atoms with E-state index in [2.05, 4.69) is 0 Å². The first-order valence-corrected chi connectivity index (χ1v) is 5.41. The highest BCUT2D eigenvalue weighted by Crippen LogP contribution is 2.49. The van der Waals surface area contributed by atoms with Crippen molar-refractivity contribution in [3.05, 3.63) is 0 Å². The Balaban J connectivity index is 1.89. The number of nitrogens with zero attached hydrogens (tertiary/aromatic N) is 1. The average Bonchev–Trinajstić information content (AvgIpc) is 2.18. The SMILES string of the molecule is NC(=O)CN1CCC2(CC1)C(O)CC2O. The van der Waals surface area contributed by atoms with Gasteiger partial charge in [0.15, 0.2) is 0 Å². The van der Waals surface area contributed by atoms with Crippen LogP contribution in [0.1, 0.15) is 19.3 Å². The molecular weight excluding hydrogens is 196 g/mol. The second-order valence-corrected chi connectivity index (χ2v) is 4.74. The molecule has 1 spiro atoms. The minimum absolute atomic E-state index is 0.280. The number of hydrogen-bond donors (Lipinski definition) is 3. The van der Waals surface area contributed by atoms with Crippen molar-refractivity contribution < 1.29 is 15.0 Å². The van der Waals surface area contributed by atoms with E-state index in [0.29, 0.717) is 6.42 Å². The maximum absolute atomic E-state index is 10.7. The van der Waals surface area contributed by atoms with E-state index in [1.165, 1.54) is 0 Å². The van der Waals surface area contributed by atoms with Gasteiger partial charge in [-0.25, -0.2) is 0 Å². The van der Waals surface area contributed by atoms with Crippen molar-refractivity contribution in [2.45, 2.75) is 31.5 Å². The van der Waals surface area contributed by atoms with Gasteiger partial charge in [-0.1, -0.05) is 0 Å². The molecule has 0 aromatic heterocycles. The van der Waals surface area contributed by atoms with Crippen LogP contribution in [0.15, 0.2) is 0 Å². The Hall–Kier alpha value is -0.650. The molecular formula is C10H18N2O3. The number of amides is 1. The van der Waals surface area contributed by atoms with Crippen LogP contribution in [0.3, 0.4) is 0 Å². The normalized spacial score (nSPS) is 35.1. The molecule has 1 amide bonds. The second kappa shape index (κ2) is 3.73. The topological polar surface area (TPSA) is 86.8 Å². The molecule has 5 nitrogen and oxygen atoms in total. The predicted molar refractivity (Wildman–Crippen MR) is 53.9 cm³/mol. The predicted octanol–water partition coefficient (Wildman–Crippen LogP) is -1.32. The summed E-state index contributed by atoms with van der Waals surface area (Å²) in [7, 11) is 0. The number of nitrogens with two attached hydrogens (primary N) is 1. The molecule has 0 aromatic carbocycles. The number of piperidine rings is 1. The molecule has 1 heterocycles. The summed E-state index contributed by atoms with van der Waals surface area (Å²) in [6.07, 6.45) is 1.26. The fourth-order valence-electron chi connectivity index (χ4n) is 2.76. The van der Waals surface area contributed by atoms with Gasteiger partial charge in [0.25, 0.3) is 0 Å². The minimum atomic E-state index is -0.372. The van der Waals surface area contributed by atoms with E-state index < -0.39 is 0 Å². The molecule has 5 heteroatoms. The van der Waals surface area contributed by atoms with Gasteiger partial charge in [-0.05, 0) is 25.9 Å². The Morgan fingerprint density at radius 2 is 1.87 bits per heavy atom. The summed E-state index contributed by atoms with van der Waals surface area (Å²) in [6, 6.07) is 0. The number of primary amides is 1. The summed E-state index contributed by atoms with van der Waals surface area (Å²) >= 11 is 0. The van der Waals surface area contributed by atoms with Gasteiger partial charge in [-0.2, -0.15) is 0 Å². The van der Waals surface area contributed by atoms with E-state index >= 15 is 0 Å². The number of likely N-dealkylation sites (tertiary alicyclic amines) is 1. The van der Waals surface area contributed by atoms with Gasteiger partial charge in [-0.15, -0.1) is 0 Å². The molecule has 1 saturated carbocycles. The molecule has 1 aliphatic heterocycles. The smallest absolute Gasteiger partial charge is 0.231 e. The third-order valence-corrected chi connectivity index (χ3v) is 3.94. The lowest BCUT2D eigenvalue weighted by atomic mass is 9.58. The third-order valence-electron chi connectivity index (χ3n) is 3.94. The summed E-state index contributed by atoms with van der Waals surface area (Å²) in [5.74, 6) is -0.319. The van der Waals surface area contributed by atoms with Crippen LogP contribution in [0.5, 0.6) is 0 Å². The Kier molecular flexibility index (Phi) is 2.70. The molecule has 2 rings (SSSR count). The molecule has 15 heavy (non-hydrogen) atoms. The maximum atomic E-state index is 10.7. The molecule has 0 aromatic rings. The van der Waals surface area contributed by atoms with E-state index in [9.17, 15) is 15.0 Å². The summed E-state index contributed by atoms with van der Waals surface area (Å²) in [5.41, 5.74) is 4.82. The summed E-state index contributed by atoms with van der Waals surface area (Å²) in [4.78, 5) is 12.7. The zero-order valence-electron chi connectivity index (χ0n) is 8.72. The molecule has 0 bridgehead atoms. The number of hydrogen-bond acceptors (Lipinski definition) is 4. The van der Waals surface area contributed by atoms with E-state index in [1.54, 1.807) is 0 Å². The van der Waals surface area contributed by atoms with Crippen LogP contribution in [0.25, 0.3) is 0 Å². The van der Waals surface area contributed by atoms with Gasteiger partial charge in [0.05, 0.1) is 18.8 Å². The molecule has 0 radical (unpaired) electrons. The Morgan fingerprint density at radius 1 is 1.33 bits per heavy atom. The Bertz CT molecular complexity index is 251. The highest BCUT2D eigenvalue weighted by molar-refractivity contribution is 5.75. The molecule has 2 unspecified atom stereocenters. The minimum Gasteiger partial charge on any atom is -0.392 e. The van der Waals surface area contributed by atoms with Gasteiger partial charge in [0, 0.05) is 11.8 Å². The van der Waals surface area contributed by atoms with Crippen molar-refractivity contribution in [3.63, 3.8) is 0 Å². The Labute approximate surface area is 88.9 Å². The first-order chi connectivity index (χ1) is 7.04. The van der Waals surface area contributed by atoms with Crippen LogP contribution < -0.4 is 5.73 Å². The van der Waals surface area contributed by atoms with Crippen molar-refractivity contribution in [1.29, 1.82) is 0 Å². The quantitative estimate of drug-likeness (QED) is 0.532. The van der Waals surface area contributed by atoms with Crippen LogP contribution >= 0.6 is 0 Å². The maximum Gasteiger partial charge on any atom is 0.231 e. The van der Waals surface area contributed by atoms with Crippen molar-refractivity contribution in [1.82, 2.24) is 4.90 Å². The molecule has 2 aliphatic rings. The number of rotatable bonds is 2. The molecule has 2 fully saturated rings. The fraction of sp³-hybridized carbons (Fsp3) is 0.900. The van der Waals surface area contributed by atoms with Crippen molar-refractivity contribution >= 4 is 5.91 Å². The van der Waals surface area contributed by atoms with Crippen molar-refractivity contribution in [3.8, 4) is 0 Å². The largest absolute Gasteiger partial charge is 0.392 e. The average molecular weight is 214 g/mol. The lowest BCUT2D eigenvalue weighted by molar-refractivity contribution is -0.189. The van der Waals surface area contributed by atoms with Crippen molar-refractivity contribution in [2.24, 2.45) is 11.1 Å². The van der Waals surface area contributed by atoms with Crippen LogP contribution in [0.2, 0.25) is 0 Å². The zero-order chi connectivity index (χ0) is 11.1. The van der Waals surface area contributed by atoms with Gasteiger partial charge in [0.1, 0.15) is 0 Å². The van der Waals surface area contributed by atoms with Gasteiger partial charge < -0.3 is 15.9 Å². The van der Waals surface area contributed by atoms with Crippen LogP contribution in [-0.2, 0) is 4.79 Å². The molecule has 2 atom stereocenters. The molecule has 1 saturated heterocycles. The molecule has 1 aliphatic carbocycles. The highest BCUT2D eigenvalue weighted by atomic mass is 16.3.